The first-order valence-corrected chi connectivity index (χ1v) is 5.66. The van der Waals surface area contributed by atoms with Crippen LogP contribution in [0.2, 0.25) is 0 Å². The Morgan fingerprint density at radius 1 is 1.00 bits per heavy atom. The summed E-state index contributed by atoms with van der Waals surface area (Å²) < 4.78 is 0. The highest BCUT2D eigenvalue weighted by atomic mass is 16.1. The minimum absolute atomic E-state index is 0.0525. The van der Waals surface area contributed by atoms with E-state index in [-0.39, 0.29) is 22.3 Å². The summed E-state index contributed by atoms with van der Waals surface area (Å²) in [5.41, 5.74) is 0.119. The van der Waals surface area contributed by atoms with E-state index in [1.165, 1.54) is 0 Å². The van der Waals surface area contributed by atoms with Gasteiger partial charge in [-0.25, -0.2) is 0 Å². The van der Waals surface area contributed by atoms with Gasteiger partial charge in [0.15, 0.2) is 0 Å². The molecule has 1 unspecified atom stereocenters. The molecule has 15 heavy (non-hydrogen) atoms. The molecule has 1 N–H and O–H groups in total. The minimum atomic E-state index is -0.156. The lowest BCUT2D eigenvalue weighted by molar-refractivity contribution is -0.122. The molecule has 0 aliphatic rings. The fourth-order valence-electron chi connectivity index (χ4n) is 1.95. The van der Waals surface area contributed by atoms with Crippen molar-refractivity contribution in [3.8, 4) is 0 Å². The third-order valence-electron chi connectivity index (χ3n) is 2.99. The molecule has 0 rings (SSSR count). The van der Waals surface area contributed by atoms with Crippen molar-refractivity contribution in [2.75, 3.05) is 0 Å². The lowest BCUT2D eigenvalue weighted by Gasteiger charge is -2.46. The third kappa shape index (κ3) is 4.67. The van der Waals surface area contributed by atoms with Gasteiger partial charge in [0.05, 0.1) is 0 Å². The molecule has 2 heteroatoms. The van der Waals surface area contributed by atoms with E-state index in [1.807, 2.05) is 0 Å². The second-order valence-corrected chi connectivity index (χ2v) is 7.00. The van der Waals surface area contributed by atoms with Crippen LogP contribution < -0.4 is 5.32 Å². The molecule has 1 atom stereocenters. The van der Waals surface area contributed by atoms with Gasteiger partial charge in [0.1, 0.15) is 0 Å². The third-order valence-corrected chi connectivity index (χ3v) is 2.99. The fraction of sp³-hybridized carbons (Fsp3) is 0.923. The van der Waals surface area contributed by atoms with Gasteiger partial charge in [0.25, 0.3) is 0 Å². The monoisotopic (exact) mass is 213 g/mol. The largest absolute Gasteiger partial charge is 0.351 e. The molecule has 0 heterocycles. The number of carbonyl (C=O) groups excluding carboxylic acids is 1. The summed E-state index contributed by atoms with van der Waals surface area (Å²) >= 11 is 0. The summed E-state index contributed by atoms with van der Waals surface area (Å²) in [6, 6.07) is 0. The summed E-state index contributed by atoms with van der Waals surface area (Å²) in [5, 5.41) is 3.11. The molecule has 1 amide bonds. The second kappa shape index (κ2) is 4.15. The predicted octanol–water partition coefficient (Wildman–Crippen LogP) is 3.36. The number of hydrogen-bond acceptors (Lipinski definition) is 1. The van der Waals surface area contributed by atoms with Crippen LogP contribution in [0.15, 0.2) is 0 Å². The van der Waals surface area contributed by atoms with Crippen molar-refractivity contribution in [2.45, 2.75) is 67.3 Å². The summed E-state index contributed by atoms with van der Waals surface area (Å²) in [6.07, 6.45) is 0.975. The number of hydrogen-bond donors (Lipinski definition) is 1. The molecule has 0 saturated carbocycles. The van der Waals surface area contributed by atoms with E-state index < -0.39 is 0 Å². The van der Waals surface area contributed by atoms with Crippen LogP contribution in [0.3, 0.4) is 0 Å². The SMILES string of the molecule is CC(=O)NC(C)(CC(C)(C)C)C(C)(C)C. The van der Waals surface area contributed by atoms with Crippen molar-refractivity contribution in [3.63, 3.8) is 0 Å². The van der Waals surface area contributed by atoms with E-state index in [4.69, 9.17) is 0 Å². The number of amides is 1. The summed E-state index contributed by atoms with van der Waals surface area (Å²) in [6.45, 7) is 16.9. The van der Waals surface area contributed by atoms with Gasteiger partial charge in [-0.1, -0.05) is 41.5 Å². The van der Waals surface area contributed by atoms with Crippen molar-refractivity contribution < 1.29 is 4.79 Å². The van der Waals surface area contributed by atoms with Crippen LogP contribution in [0.25, 0.3) is 0 Å². The van der Waals surface area contributed by atoms with E-state index in [0.29, 0.717) is 0 Å². The van der Waals surface area contributed by atoms with Gasteiger partial charge < -0.3 is 5.32 Å². The average Bonchev–Trinajstić information content (AvgIpc) is 1.75. The zero-order chi connectivity index (χ0) is 12.5. The van der Waals surface area contributed by atoms with Gasteiger partial charge in [0.2, 0.25) is 5.91 Å². The van der Waals surface area contributed by atoms with Crippen molar-refractivity contribution in [3.05, 3.63) is 0 Å². The number of carbonyl (C=O) groups is 1. The van der Waals surface area contributed by atoms with Crippen LogP contribution in [0.5, 0.6) is 0 Å². The number of rotatable bonds is 2. The lowest BCUT2D eigenvalue weighted by atomic mass is 9.67. The zero-order valence-corrected chi connectivity index (χ0v) is 11.6. The molecule has 0 bridgehead atoms. The van der Waals surface area contributed by atoms with Gasteiger partial charge in [-0.2, -0.15) is 0 Å². The molecule has 0 aliphatic carbocycles. The van der Waals surface area contributed by atoms with E-state index in [9.17, 15) is 4.79 Å². The highest BCUT2D eigenvalue weighted by molar-refractivity contribution is 5.73. The maximum absolute atomic E-state index is 11.3. The van der Waals surface area contributed by atoms with E-state index in [2.05, 4.69) is 53.8 Å². The van der Waals surface area contributed by atoms with E-state index in [0.717, 1.165) is 6.42 Å². The fourth-order valence-corrected chi connectivity index (χ4v) is 1.95. The highest BCUT2D eigenvalue weighted by Crippen LogP contribution is 2.39. The highest BCUT2D eigenvalue weighted by Gasteiger charge is 2.40. The van der Waals surface area contributed by atoms with Gasteiger partial charge >= 0.3 is 0 Å². The first-order valence-electron chi connectivity index (χ1n) is 5.66. The molecule has 0 aromatic carbocycles. The maximum atomic E-state index is 11.3. The number of nitrogens with one attached hydrogen (secondary N) is 1. The van der Waals surface area contributed by atoms with Crippen molar-refractivity contribution in [2.24, 2.45) is 10.8 Å². The molecule has 0 saturated heterocycles. The maximum Gasteiger partial charge on any atom is 0.217 e. The first kappa shape index (κ1) is 14.5. The predicted molar refractivity (Wildman–Crippen MR) is 65.7 cm³/mol. The Bertz CT molecular complexity index is 232. The molecule has 0 radical (unpaired) electrons. The van der Waals surface area contributed by atoms with E-state index in [1.54, 1.807) is 6.92 Å². The zero-order valence-electron chi connectivity index (χ0n) is 11.6. The molecular weight excluding hydrogens is 186 g/mol. The quantitative estimate of drug-likeness (QED) is 0.748. The van der Waals surface area contributed by atoms with Crippen molar-refractivity contribution >= 4 is 5.91 Å². The lowest BCUT2D eigenvalue weighted by Crippen LogP contribution is -2.56. The van der Waals surface area contributed by atoms with Gasteiger partial charge in [-0.15, -0.1) is 0 Å². The molecular formula is C13H27NO. The summed E-state index contributed by atoms with van der Waals surface area (Å²) in [4.78, 5) is 11.3. The van der Waals surface area contributed by atoms with Gasteiger partial charge in [-0.05, 0) is 24.2 Å². The molecule has 2 nitrogen and oxygen atoms in total. The Kier molecular flexibility index (Phi) is 4.00. The normalized spacial score (nSPS) is 17.1. The molecule has 0 aromatic rings. The van der Waals surface area contributed by atoms with Gasteiger partial charge in [0, 0.05) is 12.5 Å². The molecule has 0 fully saturated rings. The topological polar surface area (TPSA) is 29.1 Å². The molecule has 0 spiro atoms. The Morgan fingerprint density at radius 3 is 1.60 bits per heavy atom. The standard InChI is InChI=1S/C13H27NO/c1-10(15)14-13(8,12(5,6)7)9-11(2,3)4/h9H2,1-8H3,(H,14,15). The Balaban J connectivity index is 4.96. The first-order chi connectivity index (χ1) is 6.37. The summed E-state index contributed by atoms with van der Waals surface area (Å²) in [7, 11) is 0. The average molecular weight is 213 g/mol. The van der Waals surface area contributed by atoms with Crippen LogP contribution in [0.4, 0.5) is 0 Å². The Labute approximate surface area is 94.8 Å². The molecule has 0 aromatic heterocycles. The minimum Gasteiger partial charge on any atom is -0.351 e. The van der Waals surface area contributed by atoms with Crippen LogP contribution in [0, 0.1) is 10.8 Å². The van der Waals surface area contributed by atoms with Crippen LogP contribution in [0.1, 0.15) is 61.8 Å². The van der Waals surface area contributed by atoms with Crippen LogP contribution in [-0.4, -0.2) is 11.4 Å². The molecule has 90 valence electrons. The second-order valence-electron chi connectivity index (χ2n) is 7.00. The van der Waals surface area contributed by atoms with Gasteiger partial charge in [-0.3, -0.25) is 4.79 Å². The Morgan fingerprint density at radius 2 is 1.40 bits per heavy atom. The smallest absolute Gasteiger partial charge is 0.217 e. The van der Waals surface area contributed by atoms with Crippen molar-refractivity contribution in [1.29, 1.82) is 0 Å². The Hall–Kier alpha value is -0.530. The molecule has 0 aliphatic heterocycles. The van der Waals surface area contributed by atoms with Crippen molar-refractivity contribution in [1.82, 2.24) is 5.32 Å². The van der Waals surface area contributed by atoms with Crippen LogP contribution in [-0.2, 0) is 4.79 Å². The van der Waals surface area contributed by atoms with Crippen LogP contribution >= 0.6 is 0 Å². The van der Waals surface area contributed by atoms with E-state index >= 15 is 0 Å². The summed E-state index contributed by atoms with van der Waals surface area (Å²) in [5.74, 6) is 0.0525.